The van der Waals surface area contributed by atoms with Crippen molar-refractivity contribution in [1.82, 2.24) is 5.32 Å². The fourth-order valence-corrected chi connectivity index (χ4v) is 1.24. The molecule has 1 aromatic rings. The average Bonchev–Trinajstić information content (AvgIpc) is 2.34. The van der Waals surface area contributed by atoms with Crippen LogP contribution in [0.15, 0.2) is 18.2 Å². The van der Waals surface area contributed by atoms with Crippen LogP contribution in [0.1, 0.15) is 17.3 Å². The molecule has 1 unspecified atom stereocenters. The predicted octanol–water partition coefficient (Wildman–Crippen LogP) is 1.28. The van der Waals surface area contributed by atoms with Gasteiger partial charge in [-0.25, -0.2) is 4.39 Å². The number of carboxylic acids is 1. The lowest BCUT2D eigenvalue weighted by Crippen LogP contribution is -2.31. The van der Waals surface area contributed by atoms with Crippen molar-refractivity contribution in [3.8, 4) is 5.75 Å². The third-order valence-electron chi connectivity index (χ3n) is 2.41. The van der Waals surface area contributed by atoms with Crippen molar-refractivity contribution < 1.29 is 23.8 Å². The number of ether oxygens (including phenoxy) is 1. The fraction of sp³-hybridized carbons (Fsp3) is 0.333. The zero-order valence-corrected chi connectivity index (χ0v) is 10.1. The number of carbonyl (C=O) groups is 2. The molecule has 2 N–H and O–H groups in total. The van der Waals surface area contributed by atoms with Gasteiger partial charge in [0, 0.05) is 12.6 Å². The molecule has 98 valence electrons. The van der Waals surface area contributed by atoms with Crippen LogP contribution in [0.25, 0.3) is 0 Å². The molecule has 0 aliphatic rings. The van der Waals surface area contributed by atoms with E-state index in [0.29, 0.717) is 5.75 Å². The van der Waals surface area contributed by atoms with Gasteiger partial charge in [0.2, 0.25) is 0 Å². The van der Waals surface area contributed by atoms with Crippen LogP contribution in [0, 0.1) is 11.7 Å². The molecule has 0 saturated heterocycles. The molecular weight excluding hydrogens is 241 g/mol. The Morgan fingerprint density at radius 2 is 2.17 bits per heavy atom. The molecule has 1 atom stereocenters. The van der Waals surface area contributed by atoms with Gasteiger partial charge >= 0.3 is 5.97 Å². The maximum atomic E-state index is 13.5. The van der Waals surface area contributed by atoms with Crippen molar-refractivity contribution >= 4 is 11.9 Å². The van der Waals surface area contributed by atoms with Crippen LogP contribution in [0.3, 0.4) is 0 Å². The van der Waals surface area contributed by atoms with Gasteiger partial charge in [0.1, 0.15) is 11.6 Å². The Hall–Kier alpha value is -2.11. The molecule has 0 heterocycles. The first-order valence-corrected chi connectivity index (χ1v) is 5.30. The molecule has 5 nitrogen and oxygen atoms in total. The number of benzene rings is 1. The Morgan fingerprint density at radius 1 is 1.50 bits per heavy atom. The molecule has 0 aliphatic heterocycles. The summed E-state index contributed by atoms with van der Waals surface area (Å²) in [5, 5.41) is 11.0. The number of halogens is 1. The zero-order chi connectivity index (χ0) is 13.7. The second-order valence-corrected chi connectivity index (χ2v) is 3.80. The molecule has 1 aromatic carbocycles. The summed E-state index contributed by atoms with van der Waals surface area (Å²) in [5.41, 5.74) is -0.145. The normalized spacial score (nSPS) is 11.7. The quantitative estimate of drug-likeness (QED) is 0.831. The molecule has 0 aromatic heterocycles. The first-order chi connectivity index (χ1) is 8.45. The van der Waals surface area contributed by atoms with Gasteiger partial charge in [0.15, 0.2) is 0 Å². The van der Waals surface area contributed by atoms with E-state index in [1.807, 2.05) is 0 Å². The van der Waals surface area contributed by atoms with Crippen molar-refractivity contribution in [3.63, 3.8) is 0 Å². The SMILES string of the molecule is COc1ccc(C(=O)NCC(C)C(=O)O)c(F)c1. The monoisotopic (exact) mass is 255 g/mol. The van der Waals surface area contributed by atoms with Crippen LogP contribution < -0.4 is 10.1 Å². The highest BCUT2D eigenvalue weighted by atomic mass is 19.1. The van der Waals surface area contributed by atoms with Gasteiger partial charge < -0.3 is 15.2 Å². The number of hydrogen-bond acceptors (Lipinski definition) is 3. The number of nitrogens with one attached hydrogen (secondary N) is 1. The summed E-state index contributed by atoms with van der Waals surface area (Å²) in [5.74, 6) is -2.80. The van der Waals surface area contributed by atoms with Gasteiger partial charge in [0.05, 0.1) is 18.6 Å². The fourth-order valence-electron chi connectivity index (χ4n) is 1.24. The largest absolute Gasteiger partial charge is 0.497 e. The molecular formula is C12H14FNO4. The molecule has 6 heteroatoms. The van der Waals surface area contributed by atoms with Crippen molar-refractivity contribution in [3.05, 3.63) is 29.6 Å². The van der Waals surface area contributed by atoms with Crippen LogP contribution in [0.4, 0.5) is 4.39 Å². The van der Waals surface area contributed by atoms with E-state index < -0.39 is 23.6 Å². The summed E-state index contributed by atoms with van der Waals surface area (Å²) in [4.78, 5) is 22.2. The van der Waals surface area contributed by atoms with Crippen LogP contribution in [-0.4, -0.2) is 30.6 Å². The number of rotatable bonds is 5. The Morgan fingerprint density at radius 3 is 2.67 bits per heavy atom. The zero-order valence-electron chi connectivity index (χ0n) is 10.1. The molecule has 0 fully saturated rings. The van der Waals surface area contributed by atoms with Crippen LogP contribution in [0.2, 0.25) is 0 Å². The van der Waals surface area contributed by atoms with E-state index in [9.17, 15) is 14.0 Å². The maximum absolute atomic E-state index is 13.5. The third kappa shape index (κ3) is 3.44. The van der Waals surface area contributed by atoms with Gasteiger partial charge in [-0.15, -0.1) is 0 Å². The lowest BCUT2D eigenvalue weighted by molar-refractivity contribution is -0.140. The summed E-state index contributed by atoms with van der Waals surface area (Å²) < 4.78 is 18.3. The van der Waals surface area contributed by atoms with E-state index in [1.165, 1.54) is 26.2 Å². The molecule has 0 spiro atoms. The maximum Gasteiger partial charge on any atom is 0.308 e. The topological polar surface area (TPSA) is 75.6 Å². The Balaban J connectivity index is 2.70. The minimum atomic E-state index is -1.02. The minimum absolute atomic E-state index is 0.0559. The Labute approximate surface area is 104 Å². The highest BCUT2D eigenvalue weighted by Gasteiger charge is 2.16. The first-order valence-electron chi connectivity index (χ1n) is 5.30. The lowest BCUT2D eigenvalue weighted by Gasteiger charge is -2.09. The molecule has 1 amide bonds. The number of aliphatic carboxylic acids is 1. The smallest absolute Gasteiger partial charge is 0.308 e. The number of methoxy groups -OCH3 is 1. The van der Waals surface area contributed by atoms with Crippen LogP contribution in [0.5, 0.6) is 5.75 Å². The standard InChI is InChI=1S/C12H14FNO4/c1-7(12(16)17)6-14-11(15)9-4-3-8(18-2)5-10(9)13/h3-5,7H,6H2,1-2H3,(H,14,15)(H,16,17). The second kappa shape index (κ2) is 6.00. The van der Waals surface area contributed by atoms with E-state index in [4.69, 9.17) is 9.84 Å². The number of carbonyl (C=O) groups excluding carboxylic acids is 1. The van der Waals surface area contributed by atoms with Crippen molar-refractivity contribution in [2.24, 2.45) is 5.92 Å². The van der Waals surface area contributed by atoms with E-state index >= 15 is 0 Å². The summed E-state index contributed by atoms with van der Waals surface area (Å²) >= 11 is 0. The summed E-state index contributed by atoms with van der Waals surface area (Å²) in [6.07, 6.45) is 0. The Bertz CT molecular complexity index is 461. The predicted molar refractivity (Wildman–Crippen MR) is 62.1 cm³/mol. The summed E-state index contributed by atoms with van der Waals surface area (Å²) in [6, 6.07) is 3.84. The second-order valence-electron chi connectivity index (χ2n) is 3.80. The minimum Gasteiger partial charge on any atom is -0.497 e. The van der Waals surface area contributed by atoms with E-state index in [2.05, 4.69) is 5.32 Å². The highest BCUT2D eigenvalue weighted by molar-refractivity contribution is 5.94. The van der Waals surface area contributed by atoms with Gasteiger partial charge in [0.25, 0.3) is 5.91 Å². The van der Waals surface area contributed by atoms with Gasteiger partial charge in [-0.2, -0.15) is 0 Å². The van der Waals surface area contributed by atoms with E-state index in [1.54, 1.807) is 0 Å². The van der Waals surface area contributed by atoms with Crippen molar-refractivity contribution in [2.45, 2.75) is 6.92 Å². The Kier molecular flexibility index (Phi) is 4.65. The van der Waals surface area contributed by atoms with Gasteiger partial charge in [-0.3, -0.25) is 9.59 Å². The first kappa shape index (κ1) is 14.0. The van der Waals surface area contributed by atoms with Crippen LogP contribution >= 0.6 is 0 Å². The third-order valence-corrected chi connectivity index (χ3v) is 2.41. The molecule has 1 rings (SSSR count). The number of hydrogen-bond donors (Lipinski definition) is 2. The highest BCUT2D eigenvalue weighted by Crippen LogP contribution is 2.16. The van der Waals surface area contributed by atoms with E-state index in [0.717, 1.165) is 6.07 Å². The molecule has 0 radical (unpaired) electrons. The van der Waals surface area contributed by atoms with Gasteiger partial charge in [-0.1, -0.05) is 6.92 Å². The summed E-state index contributed by atoms with van der Waals surface area (Å²) in [7, 11) is 1.39. The molecule has 0 saturated carbocycles. The lowest BCUT2D eigenvalue weighted by atomic mass is 10.1. The number of carboxylic acid groups (broad SMARTS) is 1. The molecule has 0 bridgehead atoms. The van der Waals surface area contributed by atoms with Gasteiger partial charge in [-0.05, 0) is 12.1 Å². The average molecular weight is 255 g/mol. The van der Waals surface area contributed by atoms with Crippen molar-refractivity contribution in [1.29, 1.82) is 0 Å². The molecule has 0 aliphatic carbocycles. The summed E-state index contributed by atoms with van der Waals surface area (Å²) in [6.45, 7) is 1.40. The van der Waals surface area contributed by atoms with Crippen LogP contribution in [-0.2, 0) is 4.79 Å². The number of amides is 1. The van der Waals surface area contributed by atoms with E-state index in [-0.39, 0.29) is 12.1 Å². The van der Waals surface area contributed by atoms with Crippen molar-refractivity contribution in [2.75, 3.05) is 13.7 Å². The molecule has 18 heavy (non-hydrogen) atoms.